The fraction of sp³-hybridized carbons (Fsp3) is 0.188. The first-order valence-corrected chi connectivity index (χ1v) is 9.15. The molecule has 9 nitrogen and oxygen atoms in total. The highest BCUT2D eigenvalue weighted by Gasteiger charge is 2.16. The van der Waals surface area contributed by atoms with Gasteiger partial charge >= 0.3 is 5.76 Å². The molecule has 2 aromatic heterocycles. The van der Waals surface area contributed by atoms with Gasteiger partial charge < -0.3 is 9.73 Å². The van der Waals surface area contributed by atoms with Crippen LogP contribution in [0, 0.1) is 0 Å². The summed E-state index contributed by atoms with van der Waals surface area (Å²) in [5.41, 5.74) is 0.931. The number of hydrogen-bond acceptors (Lipinski definition) is 6. The largest absolute Gasteiger partial charge is 0.419 e. The fourth-order valence-electron chi connectivity index (χ4n) is 2.31. The summed E-state index contributed by atoms with van der Waals surface area (Å²) < 4.78 is 33.3. The lowest BCUT2D eigenvalue weighted by Gasteiger charge is -2.08. The maximum absolute atomic E-state index is 12.3. The van der Waals surface area contributed by atoms with Crippen LogP contribution in [0.15, 0.2) is 56.7 Å². The van der Waals surface area contributed by atoms with Crippen LogP contribution in [0.25, 0.3) is 11.1 Å². The van der Waals surface area contributed by atoms with Gasteiger partial charge in [-0.05, 0) is 24.3 Å². The zero-order valence-electron chi connectivity index (χ0n) is 13.8. The molecule has 0 saturated heterocycles. The van der Waals surface area contributed by atoms with Crippen molar-refractivity contribution in [1.82, 2.24) is 19.6 Å². The van der Waals surface area contributed by atoms with E-state index in [-0.39, 0.29) is 29.3 Å². The van der Waals surface area contributed by atoms with E-state index < -0.39 is 21.7 Å². The molecule has 2 N–H and O–H groups in total. The zero-order valence-corrected chi connectivity index (χ0v) is 14.6. The summed E-state index contributed by atoms with van der Waals surface area (Å²) in [5, 5.41) is 2.57. The number of pyridine rings is 1. The minimum Gasteiger partial charge on any atom is -0.408 e. The third-order valence-electron chi connectivity index (χ3n) is 3.67. The highest BCUT2D eigenvalue weighted by molar-refractivity contribution is 7.89. The number of nitrogens with one attached hydrogen (secondary N) is 2. The number of aromatic nitrogens is 2. The van der Waals surface area contributed by atoms with E-state index in [0.717, 1.165) is 0 Å². The monoisotopic (exact) mass is 376 g/mol. The predicted molar refractivity (Wildman–Crippen MR) is 93.2 cm³/mol. The normalized spacial score (nSPS) is 11.6. The van der Waals surface area contributed by atoms with Gasteiger partial charge in [-0.3, -0.25) is 14.3 Å². The lowest BCUT2D eigenvalue weighted by atomic mass is 10.3. The molecule has 0 aliphatic carbocycles. The Balaban J connectivity index is 1.62. The van der Waals surface area contributed by atoms with Crippen molar-refractivity contribution in [1.29, 1.82) is 0 Å². The maximum atomic E-state index is 12.3. The molecular weight excluding hydrogens is 360 g/mol. The van der Waals surface area contributed by atoms with E-state index in [1.165, 1.54) is 36.0 Å². The van der Waals surface area contributed by atoms with Crippen LogP contribution in [-0.4, -0.2) is 37.0 Å². The Labute approximate surface area is 148 Å². The third kappa shape index (κ3) is 3.65. The first-order valence-electron chi connectivity index (χ1n) is 7.67. The zero-order chi connectivity index (χ0) is 18.7. The highest BCUT2D eigenvalue weighted by Crippen LogP contribution is 2.17. The Hall–Kier alpha value is -2.98. The van der Waals surface area contributed by atoms with E-state index in [0.29, 0.717) is 5.52 Å². The van der Waals surface area contributed by atoms with Gasteiger partial charge in [0.25, 0.3) is 5.91 Å². The predicted octanol–water partition coefficient (Wildman–Crippen LogP) is 0.235. The number of benzene rings is 1. The Kier molecular flexibility index (Phi) is 4.87. The van der Waals surface area contributed by atoms with Gasteiger partial charge in [0.15, 0.2) is 5.58 Å². The summed E-state index contributed by atoms with van der Waals surface area (Å²) in [7, 11) is -2.27. The van der Waals surface area contributed by atoms with E-state index in [4.69, 9.17) is 4.42 Å². The number of sulfonamides is 1. The Bertz CT molecular complexity index is 1100. The van der Waals surface area contributed by atoms with Gasteiger partial charge in [0, 0.05) is 32.4 Å². The van der Waals surface area contributed by atoms with Crippen molar-refractivity contribution in [3.63, 3.8) is 0 Å². The molecular formula is C16H16N4O5S. The molecule has 0 radical (unpaired) electrons. The van der Waals surface area contributed by atoms with Gasteiger partial charge in [0.05, 0.1) is 10.4 Å². The summed E-state index contributed by atoms with van der Waals surface area (Å²) in [5.74, 6) is -0.961. The molecule has 26 heavy (non-hydrogen) atoms. The van der Waals surface area contributed by atoms with Crippen molar-refractivity contribution in [3.05, 3.63) is 58.8 Å². The van der Waals surface area contributed by atoms with Gasteiger partial charge in [-0.2, -0.15) is 0 Å². The standard InChI is InChI=1S/C16H16N4O5S/c1-20-13-6-5-11(10-14(13)25-16(20)22)26(23,24)19-9-8-18-15(21)12-4-2-3-7-17-12/h2-7,10,19H,8-9H2,1H3,(H,18,21). The number of aryl methyl sites for hydroxylation is 1. The molecule has 1 amide bonds. The van der Waals surface area contributed by atoms with E-state index >= 15 is 0 Å². The second-order valence-corrected chi connectivity index (χ2v) is 7.19. The average Bonchev–Trinajstić information content (AvgIpc) is 2.93. The summed E-state index contributed by atoms with van der Waals surface area (Å²) in [6.07, 6.45) is 1.50. The smallest absolute Gasteiger partial charge is 0.408 e. The molecule has 136 valence electrons. The van der Waals surface area contributed by atoms with Gasteiger partial charge in [0.2, 0.25) is 10.0 Å². The average molecular weight is 376 g/mol. The van der Waals surface area contributed by atoms with Gasteiger partial charge in [-0.15, -0.1) is 0 Å². The van der Waals surface area contributed by atoms with Gasteiger partial charge in [-0.1, -0.05) is 6.07 Å². The van der Waals surface area contributed by atoms with Gasteiger partial charge in [-0.25, -0.2) is 17.9 Å². The van der Waals surface area contributed by atoms with E-state index in [2.05, 4.69) is 15.0 Å². The number of hydrogen-bond donors (Lipinski definition) is 2. The number of carbonyl (C=O) groups excluding carboxylic acids is 1. The van der Waals surface area contributed by atoms with Gasteiger partial charge in [0.1, 0.15) is 5.69 Å². The maximum Gasteiger partial charge on any atom is 0.419 e. The second-order valence-electron chi connectivity index (χ2n) is 5.43. The summed E-state index contributed by atoms with van der Waals surface area (Å²) in [6, 6.07) is 9.09. The lowest BCUT2D eigenvalue weighted by Crippen LogP contribution is -2.35. The lowest BCUT2D eigenvalue weighted by molar-refractivity contribution is 0.0949. The molecule has 0 bridgehead atoms. The van der Waals surface area contributed by atoms with Crippen molar-refractivity contribution >= 4 is 27.0 Å². The van der Waals surface area contributed by atoms with Crippen molar-refractivity contribution in [3.8, 4) is 0 Å². The number of oxazole rings is 1. The number of nitrogens with zero attached hydrogens (tertiary/aromatic N) is 2. The molecule has 2 heterocycles. The molecule has 0 spiro atoms. The van der Waals surface area contributed by atoms with Crippen LogP contribution in [0.3, 0.4) is 0 Å². The van der Waals surface area contributed by atoms with E-state index in [1.54, 1.807) is 18.2 Å². The van der Waals surface area contributed by atoms with E-state index in [1.807, 2.05) is 0 Å². The van der Waals surface area contributed by atoms with Crippen molar-refractivity contribution in [2.45, 2.75) is 4.90 Å². The van der Waals surface area contributed by atoms with Crippen LogP contribution >= 0.6 is 0 Å². The molecule has 3 rings (SSSR count). The van der Waals surface area contributed by atoms with Crippen LogP contribution in [0.5, 0.6) is 0 Å². The highest BCUT2D eigenvalue weighted by atomic mass is 32.2. The summed E-state index contributed by atoms with van der Waals surface area (Å²) in [4.78, 5) is 27.2. The van der Waals surface area contributed by atoms with Crippen LogP contribution in [0.1, 0.15) is 10.5 Å². The van der Waals surface area contributed by atoms with E-state index in [9.17, 15) is 18.0 Å². The second kappa shape index (κ2) is 7.10. The Morgan fingerprint density at radius 2 is 2.04 bits per heavy atom. The number of rotatable bonds is 6. The molecule has 0 fully saturated rings. The summed E-state index contributed by atoms with van der Waals surface area (Å²) in [6.45, 7) is 0.0922. The third-order valence-corrected chi connectivity index (χ3v) is 5.13. The minimum absolute atomic E-state index is 0.00230. The Morgan fingerprint density at radius 3 is 2.77 bits per heavy atom. The van der Waals surface area contributed by atoms with Crippen molar-refractivity contribution < 1.29 is 17.6 Å². The molecule has 0 aliphatic rings. The molecule has 3 aromatic rings. The van der Waals surface area contributed by atoms with Crippen LogP contribution in [0.2, 0.25) is 0 Å². The van der Waals surface area contributed by atoms with Crippen molar-refractivity contribution in [2.75, 3.05) is 13.1 Å². The summed E-state index contributed by atoms with van der Waals surface area (Å²) >= 11 is 0. The van der Waals surface area contributed by atoms with Crippen LogP contribution in [0.4, 0.5) is 0 Å². The first-order chi connectivity index (χ1) is 12.4. The molecule has 0 atom stereocenters. The number of amides is 1. The molecule has 1 aromatic carbocycles. The van der Waals surface area contributed by atoms with Crippen LogP contribution < -0.4 is 15.8 Å². The molecule has 0 saturated carbocycles. The molecule has 0 aliphatic heterocycles. The van der Waals surface area contributed by atoms with Crippen molar-refractivity contribution in [2.24, 2.45) is 7.05 Å². The quantitative estimate of drug-likeness (QED) is 0.594. The molecule has 10 heteroatoms. The van der Waals surface area contributed by atoms with Crippen LogP contribution in [-0.2, 0) is 17.1 Å². The minimum atomic E-state index is -3.81. The molecule has 0 unspecified atom stereocenters. The Morgan fingerprint density at radius 1 is 1.23 bits per heavy atom. The number of fused-ring (bicyclic) bond motifs is 1. The number of carbonyl (C=O) groups is 1. The fourth-order valence-corrected chi connectivity index (χ4v) is 3.36. The topological polar surface area (TPSA) is 123 Å². The SMILES string of the molecule is Cn1c(=O)oc2cc(S(=O)(=O)NCCNC(=O)c3ccccn3)ccc21. The first kappa shape index (κ1) is 17.8.